The molecule has 0 fully saturated rings. The van der Waals surface area contributed by atoms with Crippen LogP contribution in [0.3, 0.4) is 0 Å². The predicted octanol–water partition coefficient (Wildman–Crippen LogP) is 3.85. The van der Waals surface area contributed by atoms with Gasteiger partial charge in [-0.25, -0.2) is 0 Å². The Bertz CT molecular complexity index is 2070. The molecule has 6 aromatic rings. The molecule has 0 saturated carbocycles. The van der Waals surface area contributed by atoms with Gasteiger partial charge in [0.2, 0.25) is 0 Å². The van der Waals surface area contributed by atoms with E-state index in [-0.39, 0.29) is 24.8 Å². The molecule has 0 amide bonds. The molecule has 2 aliphatic carbocycles. The van der Waals surface area contributed by atoms with Gasteiger partial charge in [0.15, 0.2) is 0 Å². The Labute approximate surface area is 304 Å². The van der Waals surface area contributed by atoms with E-state index in [1.54, 1.807) is 20.9 Å². The van der Waals surface area contributed by atoms with Crippen LogP contribution < -0.4 is 28.1 Å². The Morgan fingerprint density at radius 1 is 0.479 bits per heavy atom. The van der Waals surface area contributed by atoms with Crippen molar-refractivity contribution in [3.05, 3.63) is 218 Å². The molecule has 0 saturated heterocycles. The fourth-order valence-electron chi connectivity index (χ4n) is 7.40. The van der Waals surface area contributed by atoms with Gasteiger partial charge in [-0.05, 0) is 0 Å². The number of rotatable bonds is 8. The number of allylic oxidation sites excluding steroid dienone is 4. The van der Waals surface area contributed by atoms with Gasteiger partial charge in [0.25, 0.3) is 0 Å². The van der Waals surface area contributed by atoms with Crippen molar-refractivity contribution in [1.29, 1.82) is 0 Å². The quantitative estimate of drug-likeness (QED) is 0.223. The third-order valence-electron chi connectivity index (χ3n) is 9.52. The molecule has 0 atom stereocenters. The third kappa shape index (κ3) is 6.97. The van der Waals surface area contributed by atoms with Crippen LogP contribution in [0.1, 0.15) is 39.8 Å². The second-order valence-electron chi connectivity index (χ2n) is 12.4. The van der Waals surface area contributed by atoms with E-state index in [1.165, 1.54) is 44.5 Å². The molecule has 0 N–H and O–H groups in total. The summed E-state index contributed by atoms with van der Waals surface area (Å²) in [6.07, 6.45) is 6.73. The summed E-state index contributed by atoms with van der Waals surface area (Å²) in [4.78, 5) is 0. The van der Waals surface area contributed by atoms with Crippen molar-refractivity contribution in [3.8, 4) is 11.1 Å². The van der Waals surface area contributed by atoms with E-state index in [9.17, 15) is 0 Å². The van der Waals surface area contributed by atoms with Crippen LogP contribution in [0.2, 0.25) is 0 Å². The Balaban J connectivity index is 0.00000201. The molecule has 2 aliphatic rings. The van der Waals surface area contributed by atoms with E-state index in [4.69, 9.17) is 0 Å². The maximum atomic E-state index is 2.66. The SMILES string of the molecule is C1=[C]([Zr+2](=[C](c2ccccc2)c2ccccc2)[c]2cccc3c2Cc2ccccc2-3)CC(Cc2ccccc2)=C1Cc1ccccc1.[Cl-].[Cl-]. The van der Waals surface area contributed by atoms with Crippen LogP contribution in [-0.2, 0) is 40.5 Å². The molecule has 0 aliphatic heterocycles. The Morgan fingerprint density at radius 2 is 1.00 bits per heavy atom. The van der Waals surface area contributed by atoms with Crippen molar-refractivity contribution in [2.45, 2.75) is 25.7 Å². The molecule has 0 radical (unpaired) electrons. The van der Waals surface area contributed by atoms with E-state index in [0.717, 1.165) is 25.7 Å². The maximum Gasteiger partial charge on any atom is -1.00 e. The number of hydrogen-bond acceptors (Lipinski definition) is 0. The van der Waals surface area contributed by atoms with Crippen molar-refractivity contribution < 1.29 is 46.1 Å². The van der Waals surface area contributed by atoms with Crippen molar-refractivity contribution in [2.24, 2.45) is 0 Å². The summed E-state index contributed by atoms with van der Waals surface area (Å²) in [5.74, 6) is 0. The Kier molecular flexibility index (Phi) is 11.0. The van der Waals surface area contributed by atoms with Gasteiger partial charge in [-0.3, -0.25) is 0 Å². The standard InChI is InChI=1S/C19H17.C13H9.C13H10.2ClH.Zr/c1-3-8-16(9-4-1)14-18-12-7-13-19(18)15-17-10-5-2-6-11-17;1-3-7-12-10(5-1)9-11-6-2-4-8-13(11)12;1-3-7-12(8-4-1)11-13-9-5-2-6-10-13;;;/h1-6,8-12H,13-15H2;1-5,7-8H,9H2;1-10H;2*1H;/q;;;;;+2/p-2. The number of halogens is 2. The van der Waals surface area contributed by atoms with Crippen molar-refractivity contribution in [1.82, 2.24) is 0 Å². The van der Waals surface area contributed by atoms with E-state index in [1.807, 2.05) is 0 Å². The van der Waals surface area contributed by atoms with Crippen LogP contribution in [0.4, 0.5) is 0 Å². The Morgan fingerprint density at radius 3 is 1.62 bits per heavy atom. The summed E-state index contributed by atoms with van der Waals surface area (Å²) >= 11 is -2.80. The summed E-state index contributed by atoms with van der Waals surface area (Å²) in [6, 6.07) is 60.9. The monoisotopic (exact) mass is 736 g/mol. The zero-order valence-corrected chi connectivity index (χ0v) is 30.7. The zero-order valence-electron chi connectivity index (χ0n) is 26.8. The minimum Gasteiger partial charge on any atom is -1.00 e. The van der Waals surface area contributed by atoms with Gasteiger partial charge in [-0.15, -0.1) is 0 Å². The summed E-state index contributed by atoms with van der Waals surface area (Å²) in [5.41, 5.74) is 14.5. The van der Waals surface area contributed by atoms with Crippen LogP contribution in [0.25, 0.3) is 11.1 Å². The van der Waals surface area contributed by atoms with E-state index >= 15 is 0 Å². The average molecular weight is 739 g/mol. The van der Waals surface area contributed by atoms with Gasteiger partial charge in [0.05, 0.1) is 0 Å². The molecular weight excluding hydrogens is 703 g/mol. The van der Waals surface area contributed by atoms with Gasteiger partial charge >= 0.3 is 282 Å². The molecule has 0 unspecified atom stereocenters. The normalized spacial score (nSPS) is 12.5. The summed E-state index contributed by atoms with van der Waals surface area (Å²) in [5, 5.41) is 0. The second-order valence-corrected chi connectivity index (χ2v) is 18.4. The van der Waals surface area contributed by atoms with Gasteiger partial charge in [0.1, 0.15) is 0 Å². The Hall–Kier alpha value is -3.87. The van der Waals surface area contributed by atoms with Crippen LogP contribution >= 0.6 is 0 Å². The summed E-state index contributed by atoms with van der Waals surface area (Å²) < 4.78 is 4.90. The first-order valence-electron chi connectivity index (χ1n) is 16.4. The number of hydrogen-bond donors (Lipinski definition) is 0. The van der Waals surface area contributed by atoms with Gasteiger partial charge < -0.3 is 24.8 Å². The van der Waals surface area contributed by atoms with Crippen molar-refractivity contribution in [2.75, 3.05) is 0 Å². The molecule has 8 rings (SSSR count). The predicted molar refractivity (Wildman–Crippen MR) is 190 cm³/mol. The van der Waals surface area contributed by atoms with Crippen molar-refractivity contribution >= 4 is 6.48 Å². The first-order chi connectivity index (χ1) is 22.8. The molecule has 234 valence electrons. The molecule has 0 heterocycles. The minimum atomic E-state index is -2.80. The first kappa shape index (κ1) is 34.0. The van der Waals surface area contributed by atoms with Crippen molar-refractivity contribution in [3.63, 3.8) is 0 Å². The zero-order chi connectivity index (χ0) is 30.7. The molecule has 0 spiro atoms. The summed E-state index contributed by atoms with van der Waals surface area (Å²) in [7, 11) is 0. The molecule has 48 heavy (non-hydrogen) atoms. The maximum absolute atomic E-state index is 2.80. The smallest absolute Gasteiger partial charge is 1.00 e. The fraction of sp³-hybridized carbons (Fsp3) is 0.0889. The summed E-state index contributed by atoms with van der Waals surface area (Å²) in [6.45, 7) is 0. The van der Waals surface area contributed by atoms with E-state index < -0.39 is 21.3 Å². The fourth-order valence-corrected chi connectivity index (χ4v) is 15.6. The molecule has 0 bridgehead atoms. The second kappa shape index (κ2) is 15.6. The van der Waals surface area contributed by atoms with Crippen LogP contribution in [0.15, 0.2) is 184 Å². The molecule has 0 aromatic heterocycles. The molecular formula is C45H36Cl2Zr. The van der Waals surface area contributed by atoms with Gasteiger partial charge in [0, 0.05) is 0 Å². The molecule has 0 nitrogen and oxygen atoms in total. The van der Waals surface area contributed by atoms with E-state index in [0.29, 0.717) is 0 Å². The van der Waals surface area contributed by atoms with Crippen LogP contribution in [-0.4, -0.2) is 3.21 Å². The number of benzene rings is 6. The van der Waals surface area contributed by atoms with Gasteiger partial charge in [-0.2, -0.15) is 0 Å². The van der Waals surface area contributed by atoms with Crippen LogP contribution in [0.5, 0.6) is 0 Å². The number of fused-ring (bicyclic) bond motifs is 3. The average Bonchev–Trinajstić information content (AvgIpc) is 3.69. The largest absolute Gasteiger partial charge is 1.00 e. The minimum absolute atomic E-state index is 0. The third-order valence-corrected chi connectivity index (χ3v) is 17.0. The first-order valence-corrected chi connectivity index (χ1v) is 20.1. The van der Waals surface area contributed by atoms with E-state index in [2.05, 4.69) is 170 Å². The van der Waals surface area contributed by atoms with Crippen LogP contribution in [0, 0.1) is 0 Å². The molecule has 3 heteroatoms. The topological polar surface area (TPSA) is 0 Å². The van der Waals surface area contributed by atoms with Gasteiger partial charge in [-0.1, -0.05) is 0 Å². The molecule has 6 aromatic carbocycles.